The van der Waals surface area contributed by atoms with Gasteiger partial charge in [-0.2, -0.15) is 0 Å². The molecule has 0 saturated heterocycles. The van der Waals surface area contributed by atoms with Crippen molar-refractivity contribution in [3.05, 3.63) is 17.7 Å². The van der Waals surface area contributed by atoms with Crippen LogP contribution in [0, 0.1) is 17.3 Å². The predicted octanol–water partition coefficient (Wildman–Crippen LogP) is 4.48. The van der Waals surface area contributed by atoms with Crippen molar-refractivity contribution in [2.75, 3.05) is 6.54 Å². The van der Waals surface area contributed by atoms with E-state index in [2.05, 4.69) is 49.9 Å². The van der Waals surface area contributed by atoms with Gasteiger partial charge >= 0.3 is 0 Å². The highest BCUT2D eigenvalue weighted by molar-refractivity contribution is 5.06. The Morgan fingerprint density at radius 1 is 1.24 bits per heavy atom. The van der Waals surface area contributed by atoms with Crippen molar-refractivity contribution in [3.8, 4) is 0 Å². The van der Waals surface area contributed by atoms with Crippen LogP contribution in [0.15, 0.2) is 6.20 Å². The largest absolute Gasteiger partial charge is 0.345 e. The summed E-state index contributed by atoms with van der Waals surface area (Å²) in [5.74, 6) is 3.42. The Hall–Kier alpha value is -0.830. The third-order valence-corrected chi connectivity index (χ3v) is 4.85. The quantitative estimate of drug-likeness (QED) is 0.840. The Balaban J connectivity index is 1.83. The van der Waals surface area contributed by atoms with Crippen molar-refractivity contribution >= 4 is 0 Å². The molecule has 1 aromatic rings. The highest BCUT2D eigenvalue weighted by Gasteiger charge is 2.31. The average molecular weight is 291 g/mol. The summed E-state index contributed by atoms with van der Waals surface area (Å²) in [7, 11) is 0. The summed E-state index contributed by atoms with van der Waals surface area (Å²) in [5, 5.41) is 3.47. The molecule has 0 aromatic carbocycles. The minimum absolute atomic E-state index is 0.458. The first kappa shape index (κ1) is 16.5. The van der Waals surface area contributed by atoms with Gasteiger partial charge in [-0.05, 0) is 49.5 Å². The lowest BCUT2D eigenvalue weighted by Crippen LogP contribution is -2.25. The summed E-state index contributed by atoms with van der Waals surface area (Å²) in [6, 6.07) is 0. The number of nitrogens with one attached hydrogen (secondary N) is 2. The molecule has 1 fully saturated rings. The van der Waals surface area contributed by atoms with Crippen LogP contribution in [-0.2, 0) is 6.54 Å². The lowest BCUT2D eigenvalue weighted by Gasteiger charge is -2.36. The van der Waals surface area contributed by atoms with Crippen LogP contribution in [0.4, 0.5) is 0 Å². The predicted molar refractivity (Wildman–Crippen MR) is 89.3 cm³/mol. The smallest absolute Gasteiger partial charge is 0.109 e. The van der Waals surface area contributed by atoms with Crippen LogP contribution in [-0.4, -0.2) is 16.5 Å². The second-order valence-electron chi connectivity index (χ2n) is 8.23. The molecule has 0 unspecified atom stereocenters. The minimum atomic E-state index is 0.458. The molecule has 0 amide bonds. The van der Waals surface area contributed by atoms with Crippen LogP contribution in [0.2, 0.25) is 0 Å². The molecular weight excluding hydrogens is 258 g/mol. The van der Waals surface area contributed by atoms with Gasteiger partial charge in [0.25, 0.3) is 0 Å². The molecule has 0 atom stereocenters. The van der Waals surface area contributed by atoms with Gasteiger partial charge in [-0.1, -0.05) is 34.6 Å². The molecule has 1 heterocycles. The van der Waals surface area contributed by atoms with Crippen LogP contribution in [0.5, 0.6) is 0 Å². The van der Waals surface area contributed by atoms with E-state index >= 15 is 0 Å². The van der Waals surface area contributed by atoms with E-state index in [4.69, 9.17) is 0 Å². The molecule has 0 spiro atoms. The van der Waals surface area contributed by atoms with Crippen molar-refractivity contribution < 1.29 is 0 Å². The van der Waals surface area contributed by atoms with Crippen molar-refractivity contribution in [3.63, 3.8) is 0 Å². The van der Waals surface area contributed by atoms with Gasteiger partial charge < -0.3 is 10.3 Å². The zero-order valence-electron chi connectivity index (χ0n) is 14.5. The average Bonchev–Trinajstić information content (AvgIpc) is 2.86. The SMILES string of the molecule is CC(C)CNCc1cnc(C2CCC(C(C)(C)C)CC2)[nH]1. The zero-order chi connectivity index (χ0) is 15.5. The molecule has 3 heteroatoms. The highest BCUT2D eigenvalue weighted by atomic mass is 15.0. The lowest BCUT2D eigenvalue weighted by atomic mass is 9.70. The molecule has 0 bridgehead atoms. The molecule has 3 nitrogen and oxygen atoms in total. The first-order valence-electron chi connectivity index (χ1n) is 8.60. The minimum Gasteiger partial charge on any atom is -0.345 e. The number of H-pyrrole nitrogens is 1. The maximum Gasteiger partial charge on any atom is 0.109 e. The molecular formula is C18H33N3. The third-order valence-electron chi connectivity index (χ3n) is 4.85. The summed E-state index contributed by atoms with van der Waals surface area (Å²) in [6.07, 6.45) is 7.27. The molecule has 0 aliphatic heterocycles. The molecule has 2 N–H and O–H groups in total. The van der Waals surface area contributed by atoms with E-state index in [9.17, 15) is 0 Å². The maximum absolute atomic E-state index is 4.63. The molecule has 1 aromatic heterocycles. The Morgan fingerprint density at radius 2 is 1.90 bits per heavy atom. The third kappa shape index (κ3) is 4.84. The summed E-state index contributed by atoms with van der Waals surface area (Å²) < 4.78 is 0. The number of rotatable bonds is 5. The number of imidazole rings is 1. The summed E-state index contributed by atoms with van der Waals surface area (Å²) in [5.41, 5.74) is 1.68. The number of hydrogen-bond donors (Lipinski definition) is 2. The van der Waals surface area contributed by atoms with Crippen LogP contribution >= 0.6 is 0 Å². The fourth-order valence-corrected chi connectivity index (χ4v) is 3.40. The molecule has 1 aliphatic carbocycles. The molecule has 2 rings (SSSR count). The van der Waals surface area contributed by atoms with Crippen LogP contribution in [0.3, 0.4) is 0 Å². The van der Waals surface area contributed by atoms with Crippen molar-refractivity contribution in [2.45, 2.75) is 72.8 Å². The second kappa shape index (κ2) is 6.95. The molecule has 0 radical (unpaired) electrons. The summed E-state index contributed by atoms with van der Waals surface area (Å²) in [6.45, 7) is 13.6. The van der Waals surface area contributed by atoms with Gasteiger partial charge in [0, 0.05) is 24.4 Å². The van der Waals surface area contributed by atoms with E-state index in [-0.39, 0.29) is 0 Å². The second-order valence-corrected chi connectivity index (χ2v) is 8.23. The van der Waals surface area contributed by atoms with E-state index in [0.29, 0.717) is 17.3 Å². The van der Waals surface area contributed by atoms with E-state index in [1.165, 1.54) is 37.2 Å². The number of aromatic amines is 1. The van der Waals surface area contributed by atoms with Gasteiger partial charge in [0.2, 0.25) is 0 Å². The van der Waals surface area contributed by atoms with Crippen LogP contribution in [0.25, 0.3) is 0 Å². The fourth-order valence-electron chi connectivity index (χ4n) is 3.40. The maximum atomic E-state index is 4.63. The Kier molecular flexibility index (Phi) is 5.48. The number of aromatic nitrogens is 2. The first-order valence-corrected chi connectivity index (χ1v) is 8.60. The van der Waals surface area contributed by atoms with E-state index in [0.717, 1.165) is 19.0 Å². The van der Waals surface area contributed by atoms with Gasteiger partial charge in [-0.15, -0.1) is 0 Å². The molecule has 120 valence electrons. The Labute approximate surface area is 130 Å². The standard InChI is InChI=1S/C18H33N3/c1-13(2)10-19-11-16-12-20-17(21-16)14-6-8-15(9-7-14)18(3,4)5/h12-15,19H,6-11H2,1-5H3,(H,20,21). The van der Waals surface area contributed by atoms with Gasteiger partial charge in [0.1, 0.15) is 5.82 Å². The summed E-state index contributed by atoms with van der Waals surface area (Å²) >= 11 is 0. The van der Waals surface area contributed by atoms with Crippen LogP contribution < -0.4 is 5.32 Å². The van der Waals surface area contributed by atoms with E-state index in [1.54, 1.807) is 0 Å². The lowest BCUT2D eigenvalue weighted by molar-refractivity contribution is 0.167. The zero-order valence-corrected chi connectivity index (χ0v) is 14.5. The normalized spacial score (nSPS) is 23.7. The number of nitrogens with zero attached hydrogens (tertiary/aromatic N) is 1. The topological polar surface area (TPSA) is 40.7 Å². The Morgan fingerprint density at radius 3 is 2.48 bits per heavy atom. The molecule has 21 heavy (non-hydrogen) atoms. The van der Waals surface area contributed by atoms with Gasteiger partial charge in [-0.25, -0.2) is 4.98 Å². The van der Waals surface area contributed by atoms with Crippen molar-refractivity contribution in [2.24, 2.45) is 17.3 Å². The van der Waals surface area contributed by atoms with Crippen LogP contribution in [0.1, 0.15) is 77.7 Å². The summed E-state index contributed by atoms with van der Waals surface area (Å²) in [4.78, 5) is 8.17. The van der Waals surface area contributed by atoms with Gasteiger partial charge in [0.15, 0.2) is 0 Å². The molecule has 1 saturated carbocycles. The molecule has 1 aliphatic rings. The number of hydrogen-bond acceptors (Lipinski definition) is 2. The van der Waals surface area contributed by atoms with Crippen molar-refractivity contribution in [1.82, 2.24) is 15.3 Å². The Bertz CT molecular complexity index is 420. The van der Waals surface area contributed by atoms with E-state index < -0.39 is 0 Å². The first-order chi connectivity index (χ1) is 9.86. The van der Waals surface area contributed by atoms with Gasteiger partial charge in [0.05, 0.1) is 0 Å². The van der Waals surface area contributed by atoms with Gasteiger partial charge in [-0.3, -0.25) is 0 Å². The fraction of sp³-hybridized carbons (Fsp3) is 0.833. The monoisotopic (exact) mass is 291 g/mol. The highest BCUT2D eigenvalue weighted by Crippen LogP contribution is 2.42. The van der Waals surface area contributed by atoms with Crippen molar-refractivity contribution in [1.29, 1.82) is 0 Å². The van der Waals surface area contributed by atoms with E-state index in [1.807, 2.05) is 6.20 Å².